The molecule has 1 fully saturated rings. The van der Waals surface area contributed by atoms with E-state index in [-0.39, 0.29) is 29.1 Å². The van der Waals surface area contributed by atoms with Gasteiger partial charge in [0, 0.05) is 5.02 Å². The molecule has 3 aromatic rings. The Hall–Kier alpha value is -3.69. The molecule has 0 saturated carbocycles. The van der Waals surface area contributed by atoms with E-state index in [0.29, 0.717) is 33.4 Å². The molecular formula is C24H18ClNO7S. The van der Waals surface area contributed by atoms with Gasteiger partial charge < -0.3 is 19.0 Å². The lowest BCUT2D eigenvalue weighted by molar-refractivity contribution is -0.123. The number of nitrogens with zero attached hydrogens (tertiary/aromatic N) is 1. The highest BCUT2D eigenvalue weighted by Gasteiger charge is 2.35. The second-order valence-corrected chi connectivity index (χ2v) is 8.53. The van der Waals surface area contributed by atoms with E-state index < -0.39 is 11.9 Å². The highest BCUT2D eigenvalue weighted by molar-refractivity contribution is 8.18. The number of carbonyl (C=O) groups is 3. The van der Waals surface area contributed by atoms with Crippen LogP contribution in [0.3, 0.4) is 0 Å². The van der Waals surface area contributed by atoms with Gasteiger partial charge in [-0.25, -0.2) is 4.79 Å². The summed E-state index contributed by atoms with van der Waals surface area (Å²) < 4.78 is 16.2. The van der Waals surface area contributed by atoms with Crippen LogP contribution in [-0.4, -0.2) is 34.2 Å². The zero-order valence-corrected chi connectivity index (χ0v) is 19.4. The van der Waals surface area contributed by atoms with E-state index in [4.69, 9.17) is 30.6 Å². The number of thioether (sulfide) groups is 1. The first-order valence-corrected chi connectivity index (χ1v) is 11.2. The molecule has 2 aromatic carbocycles. The summed E-state index contributed by atoms with van der Waals surface area (Å²) in [6.07, 6.45) is 1.61. The third kappa shape index (κ3) is 5.11. The molecule has 2 heterocycles. The van der Waals surface area contributed by atoms with Crippen LogP contribution in [-0.2, 0) is 17.9 Å². The number of amides is 2. The van der Waals surface area contributed by atoms with Crippen molar-refractivity contribution < 1.29 is 33.4 Å². The van der Waals surface area contributed by atoms with Crippen molar-refractivity contribution in [3.63, 3.8) is 0 Å². The molecule has 0 spiro atoms. The zero-order valence-electron chi connectivity index (χ0n) is 17.8. The van der Waals surface area contributed by atoms with Crippen LogP contribution in [0.2, 0.25) is 5.02 Å². The second kappa shape index (κ2) is 10.1. The number of carbonyl (C=O) groups excluding carboxylic acids is 2. The van der Waals surface area contributed by atoms with Gasteiger partial charge in [0.15, 0.2) is 11.5 Å². The maximum atomic E-state index is 12.8. The molecule has 1 saturated heterocycles. The van der Waals surface area contributed by atoms with E-state index in [2.05, 4.69) is 0 Å². The summed E-state index contributed by atoms with van der Waals surface area (Å²) in [6, 6.07) is 14.9. The van der Waals surface area contributed by atoms with Crippen molar-refractivity contribution in [2.24, 2.45) is 0 Å². The Labute approximate surface area is 203 Å². The number of benzene rings is 2. The number of ether oxygens (including phenoxy) is 2. The SMILES string of the molecule is COc1cc(/C=C2\SC(=O)N(Cc3ccccc3Cl)C2=O)ccc1OCc1ccc(C(=O)O)o1. The number of carboxylic acid groups (broad SMARTS) is 1. The maximum Gasteiger partial charge on any atom is 0.371 e. The van der Waals surface area contributed by atoms with E-state index >= 15 is 0 Å². The van der Waals surface area contributed by atoms with Crippen molar-refractivity contribution >= 4 is 46.6 Å². The molecule has 0 aliphatic carbocycles. The summed E-state index contributed by atoms with van der Waals surface area (Å²) in [7, 11) is 1.47. The Morgan fingerprint density at radius 2 is 1.94 bits per heavy atom. The Kier molecular flexibility index (Phi) is 6.95. The van der Waals surface area contributed by atoms with Crippen molar-refractivity contribution in [3.8, 4) is 11.5 Å². The third-order valence-corrected chi connectivity index (χ3v) is 6.16. The minimum atomic E-state index is -1.16. The van der Waals surface area contributed by atoms with Crippen molar-refractivity contribution in [2.45, 2.75) is 13.2 Å². The van der Waals surface area contributed by atoms with Gasteiger partial charge in [0.2, 0.25) is 5.76 Å². The Bertz CT molecular complexity index is 1300. The fourth-order valence-electron chi connectivity index (χ4n) is 3.20. The van der Waals surface area contributed by atoms with Gasteiger partial charge in [-0.15, -0.1) is 0 Å². The Morgan fingerprint density at radius 1 is 1.15 bits per heavy atom. The van der Waals surface area contributed by atoms with Gasteiger partial charge in [-0.05, 0) is 59.3 Å². The van der Waals surface area contributed by atoms with Crippen LogP contribution >= 0.6 is 23.4 Å². The summed E-state index contributed by atoms with van der Waals surface area (Å²) in [5.74, 6) is -0.598. The molecule has 0 atom stereocenters. The second-order valence-electron chi connectivity index (χ2n) is 7.13. The molecule has 2 amide bonds. The Morgan fingerprint density at radius 3 is 2.65 bits per heavy atom. The fraction of sp³-hybridized carbons (Fsp3) is 0.125. The first-order chi connectivity index (χ1) is 16.4. The lowest BCUT2D eigenvalue weighted by atomic mass is 10.1. The summed E-state index contributed by atoms with van der Waals surface area (Å²) in [4.78, 5) is 37.6. The first-order valence-electron chi connectivity index (χ1n) is 9.97. The molecule has 8 nitrogen and oxygen atoms in total. The van der Waals surface area contributed by atoms with Gasteiger partial charge in [0.25, 0.3) is 11.1 Å². The molecule has 1 aliphatic heterocycles. The van der Waals surface area contributed by atoms with Crippen LogP contribution in [0.4, 0.5) is 4.79 Å². The topological polar surface area (TPSA) is 106 Å². The number of carboxylic acids is 1. The predicted octanol–water partition coefficient (Wildman–Crippen LogP) is 5.46. The van der Waals surface area contributed by atoms with Gasteiger partial charge in [0.1, 0.15) is 12.4 Å². The average Bonchev–Trinajstić information content (AvgIpc) is 3.40. The summed E-state index contributed by atoms with van der Waals surface area (Å²) in [5.41, 5.74) is 1.32. The van der Waals surface area contributed by atoms with Crippen LogP contribution in [0.5, 0.6) is 11.5 Å². The van der Waals surface area contributed by atoms with Crippen molar-refractivity contribution in [2.75, 3.05) is 7.11 Å². The molecular weight excluding hydrogens is 482 g/mol. The molecule has 0 radical (unpaired) electrons. The number of methoxy groups -OCH3 is 1. The largest absolute Gasteiger partial charge is 0.493 e. The van der Waals surface area contributed by atoms with Gasteiger partial charge in [-0.1, -0.05) is 35.9 Å². The van der Waals surface area contributed by atoms with Gasteiger partial charge in [0.05, 0.1) is 18.6 Å². The third-order valence-electron chi connectivity index (χ3n) is 4.89. The predicted molar refractivity (Wildman–Crippen MR) is 126 cm³/mol. The first kappa shape index (κ1) is 23.5. The van der Waals surface area contributed by atoms with E-state index in [0.717, 1.165) is 16.7 Å². The Balaban J connectivity index is 1.48. The highest BCUT2D eigenvalue weighted by atomic mass is 35.5. The fourth-order valence-corrected chi connectivity index (χ4v) is 4.23. The lowest BCUT2D eigenvalue weighted by Gasteiger charge is -2.13. The summed E-state index contributed by atoms with van der Waals surface area (Å²) in [6.45, 7) is 0.0953. The van der Waals surface area contributed by atoms with Gasteiger partial charge in [-0.2, -0.15) is 0 Å². The molecule has 1 aromatic heterocycles. The van der Waals surface area contributed by atoms with Crippen LogP contribution in [0.15, 0.2) is 63.9 Å². The molecule has 0 bridgehead atoms. The molecule has 0 unspecified atom stereocenters. The van der Waals surface area contributed by atoms with Gasteiger partial charge >= 0.3 is 5.97 Å². The number of halogens is 1. The van der Waals surface area contributed by atoms with Crippen molar-refractivity contribution in [1.82, 2.24) is 4.90 Å². The number of hydrogen-bond acceptors (Lipinski definition) is 7. The lowest BCUT2D eigenvalue weighted by Crippen LogP contribution is -2.27. The smallest absolute Gasteiger partial charge is 0.371 e. The van der Waals surface area contributed by atoms with Crippen LogP contribution in [0, 0.1) is 0 Å². The van der Waals surface area contributed by atoms with E-state index in [9.17, 15) is 14.4 Å². The van der Waals surface area contributed by atoms with E-state index in [1.54, 1.807) is 48.5 Å². The van der Waals surface area contributed by atoms with Crippen LogP contribution < -0.4 is 9.47 Å². The maximum absolute atomic E-state index is 12.8. The molecule has 34 heavy (non-hydrogen) atoms. The number of furan rings is 1. The minimum absolute atomic E-state index is 0.00389. The molecule has 10 heteroatoms. The average molecular weight is 500 g/mol. The van der Waals surface area contributed by atoms with Crippen molar-refractivity contribution in [1.29, 1.82) is 0 Å². The highest BCUT2D eigenvalue weighted by Crippen LogP contribution is 2.36. The molecule has 4 rings (SSSR count). The summed E-state index contributed by atoms with van der Waals surface area (Å²) >= 11 is 7.02. The number of aromatic carboxylic acids is 1. The summed E-state index contributed by atoms with van der Waals surface area (Å²) in [5, 5.41) is 9.05. The standard InChI is InChI=1S/C24H18ClNO7S/c1-31-20-10-14(6-8-18(20)32-13-16-7-9-19(33-16)23(28)29)11-21-22(27)26(24(30)34-21)12-15-4-2-3-5-17(15)25/h2-11H,12-13H2,1H3,(H,28,29)/b21-11-. The van der Waals surface area contributed by atoms with Crippen LogP contribution in [0.1, 0.15) is 27.4 Å². The molecule has 1 N–H and O–H groups in total. The monoisotopic (exact) mass is 499 g/mol. The number of rotatable bonds is 8. The van der Waals surface area contributed by atoms with Crippen LogP contribution in [0.25, 0.3) is 6.08 Å². The van der Waals surface area contributed by atoms with Crippen molar-refractivity contribution in [3.05, 3.63) is 87.2 Å². The number of hydrogen-bond donors (Lipinski definition) is 1. The zero-order chi connectivity index (χ0) is 24.2. The molecule has 174 valence electrons. The molecule has 1 aliphatic rings. The normalized spacial score (nSPS) is 14.6. The van der Waals surface area contributed by atoms with E-state index in [1.165, 1.54) is 19.2 Å². The van der Waals surface area contributed by atoms with Gasteiger partial charge in [-0.3, -0.25) is 14.5 Å². The van der Waals surface area contributed by atoms with E-state index in [1.807, 2.05) is 0 Å². The quantitative estimate of drug-likeness (QED) is 0.407. The number of imide groups is 1. The minimum Gasteiger partial charge on any atom is -0.493 e.